The van der Waals surface area contributed by atoms with Crippen LogP contribution in [0.5, 0.6) is 0 Å². The molecule has 2 rings (SSSR count). The summed E-state index contributed by atoms with van der Waals surface area (Å²) >= 11 is 3.42. The third kappa shape index (κ3) is 6.96. The Kier molecular flexibility index (Phi) is 7.89. The molecule has 172 valence electrons. The number of rotatable bonds is 7. The van der Waals surface area contributed by atoms with E-state index in [1.54, 1.807) is 47.1 Å². The topological polar surface area (TPSA) is 117 Å². The van der Waals surface area contributed by atoms with E-state index in [0.29, 0.717) is 16.2 Å². The van der Waals surface area contributed by atoms with Crippen molar-refractivity contribution < 1.29 is 13.5 Å². The van der Waals surface area contributed by atoms with Crippen molar-refractivity contribution in [2.75, 3.05) is 16.9 Å². The Labute approximate surface area is 195 Å². The van der Waals surface area contributed by atoms with Gasteiger partial charge in [-0.15, -0.1) is 3.77 Å². The summed E-state index contributed by atoms with van der Waals surface area (Å²) in [6, 6.07) is 7.09. The van der Waals surface area contributed by atoms with Crippen LogP contribution in [0.15, 0.2) is 43.6 Å². The first-order valence-corrected chi connectivity index (χ1v) is 13.4. The average molecular weight is 533 g/mol. The molecule has 1 heterocycles. The highest BCUT2D eigenvalue weighted by molar-refractivity contribution is 9.10. The van der Waals surface area contributed by atoms with Gasteiger partial charge in [0.15, 0.2) is 0 Å². The summed E-state index contributed by atoms with van der Waals surface area (Å²) in [6.07, 6.45) is 3.41. The molecule has 0 unspecified atom stereocenters. The van der Waals surface area contributed by atoms with Gasteiger partial charge in [-0.1, -0.05) is 10.7 Å². The first-order chi connectivity index (χ1) is 14.1. The van der Waals surface area contributed by atoms with Gasteiger partial charge in [0.05, 0.1) is 20.9 Å². The van der Waals surface area contributed by atoms with Crippen molar-refractivity contribution in [3.8, 4) is 0 Å². The van der Waals surface area contributed by atoms with Crippen molar-refractivity contribution >= 4 is 54.1 Å². The molecule has 1 aromatic carbocycles. The van der Waals surface area contributed by atoms with E-state index in [0.717, 1.165) is 10.6 Å². The lowest BCUT2D eigenvalue weighted by Crippen LogP contribution is -2.39. The molecule has 2 atom stereocenters. The molecule has 0 aliphatic rings. The SMILES string of the molecule is C[C@@H](Nc1nc(Nc2ccc([S@](C)=NS(=O)(=O)C(C)(C)C)cc2)ncc1Br)C(C)(C)O. The van der Waals surface area contributed by atoms with Crippen molar-refractivity contribution in [3.05, 3.63) is 34.9 Å². The van der Waals surface area contributed by atoms with Gasteiger partial charge in [-0.3, -0.25) is 0 Å². The Morgan fingerprint density at radius 1 is 1.16 bits per heavy atom. The average Bonchev–Trinajstić information content (AvgIpc) is 2.63. The van der Waals surface area contributed by atoms with Crippen LogP contribution in [-0.4, -0.2) is 46.1 Å². The quantitative estimate of drug-likeness (QED) is 0.482. The minimum Gasteiger partial charge on any atom is -0.388 e. The van der Waals surface area contributed by atoms with Gasteiger partial charge in [0.25, 0.3) is 10.0 Å². The fraction of sp³-hybridized carbons (Fsp3) is 0.500. The smallest absolute Gasteiger partial charge is 0.263 e. The van der Waals surface area contributed by atoms with E-state index in [9.17, 15) is 13.5 Å². The number of benzene rings is 1. The van der Waals surface area contributed by atoms with Gasteiger partial charge in [0, 0.05) is 16.8 Å². The Bertz CT molecular complexity index is 1060. The third-order valence-corrected chi connectivity index (χ3v) is 9.35. The number of nitrogens with one attached hydrogen (secondary N) is 2. The summed E-state index contributed by atoms with van der Waals surface area (Å²) in [5.41, 5.74) is -0.167. The zero-order valence-electron chi connectivity index (χ0n) is 18.8. The fourth-order valence-electron chi connectivity index (χ4n) is 2.08. The van der Waals surface area contributed by atoms with Crippen LogP contribution in [0, 0.1) is 0 Å². The number of hydrogen-bond donors (Lipinski definition) is 3. The van der Waals surface area contributed by atoms with E-state index in [1.165, 1.54) is 0 Å². The van der Waals surface area contributed by atoms with Crippen LogP contribution in [0.1, 0.15) is 41.5 Å². The van der Waals surface area contributed by atoms with Crippen LogP contribution in [0.2, 0.25) is 0 Å². The summed E-state index contributed by atoms with van der Waals surface area (Å²) in [4.78, 5) is 9.55. The maximum Gasteiger partial charge on any atom is 0.263 e. The predicted octanol–water partition coefficient (Wildman–Crippen LogP) is 4.47. The van der Waals surface area contributed by atoms with E-state index >= 15 is 0 Å². The highest BCUT2D eigenvalue weighted by Gasteiger charge is 2.28. The number of nitrogens with zero attached hydrogens (tertiary/aromatic N) is 3. The largest absolute Gasteiger partial charge is 0.388 e. The van der Waals surface area contributed by atoms with Gasteiger partial charge in [-0.05, 0) is 88.0 Å². The lowest BCUT2D eigenvalue weighted by molar-refractivity contribution is 0.0647. The van der Waals surface area contributed by atoms with E-state index in [1.807, 2.05) is 31.2 Å². The molecule has 1 aromatic heterocycles. The lowest BCUT2D eigenvalue weighted by atomic mass is 10.0. The monoisotopic (exact) mass is 531 g/mol. The first kappa shape index (κ1) is 25.7. The van der Waals surface area contributed by atoms with Gasteiger partial charge in [0.1, 0.15) is 5.82 Å². The molecule has 0 spiro atoms. The van der Waals surface area contributed by atoms with Crippen molar-refractivity contribution in [1.82, 2.24) is 9.97 Å². The molecular weight excluding hydrogens is 502 g/mol. The van der Waals surface area contributed by atoms with Gasteiger partial charge in [-0.2, -0.15) is 4.98 Å². The Balaban J connectivity index is 2.19. The molecule has 2 aromatic rings. The van der Waals surface area contributed by atoms with Gasteiger partial charge >= 0.3 is 0 Å². The van der Waals surface area contributed by atoms with E-state index < -0.39 is 31.1 Å². The lowest BCUT2D eigenvalue weighted by Gasteiger charge is -2.27. The summed E-state index contributed by atoms with van der Waals surface area (Å²) in [5, 5.41) is 16.5. The molecule has 0 aliphatic carbocycles. The molecule has 0 radical (unpaired) electrons. The molecule has 0 saturated heterocycles. The Morgan fingerprint density at radius 2 is 1.74 bits per heavy atom. The zero-order chi connectivity index (χ0) is 23.6. The number of aromatic nitrogens is 2. The van der Waals surface area contributed by atoms with E-state index in [2.05, 4.69) is 40.3 Å². The molecule has 0 aliphatic heterocycles. The second kappa shape index (κ2) is 9.51. The van der Waals surface area contributed by atoms with Crippen molar-refractivity contribution in [2.45, 2.75) is 62.8 Å². The van der Waals surface area contributed by atoms with Crippen LogP contribution < -0.4 is 10.6 Å². The van der Waals surface area contributed by atoms with Crippen molar-refractivity contribution in [1.29, 1.82) is 0 Å². The molecule has 31 heavy (non-hydrogen) atoms. The number of halogens is 1. The van der Waals surface area contributed by atoms with Gasteiger partial charge < -0.3 is 15.7 Å². The van der Waals surface area contributed by atoms with Crippen LogP contribution >= 0.6 is 15.9 Å². The minimum absolute atomic E-state index is 0.235. The Morgan fingerprint density at radius 3 is 2.26 bits per heavy atom. The number of hydrogen-bond acceptors (Lipinski definition) is 7. The minimum atomic E-state index is -3.56. The predicted molar refractivity (Wildman–Crippen MR) is 131 cm³/mol. The number of sulfonamides is 1. The summed E-state index contributed by atoms with van der Waals surface area (Å²) < 4.78 is 28.5. The fourth-order valence-corrected chi connectivity index (χ4v) is 5.33. The first-order valence-electron chi connectivity index (χ1n) is 9.62. The highest BCUT2D eigenvalue weighted by Crippen LogP contribution is 2.25. The van der Waals surface area contributed by atoms with E-state index in [-0.39, 0.29) is 6.04 Å². The second-order valence-corrected chi connectivity index (χ2v) is 13.8. The summed E-state index contributed by atoms with van der Waals surface area (Å²) in [6.45, 7) is 10.2. The summed E-state index contributed by atoms with van der Waals surface area (Å²) in [7, 11) is -4.35. The van der Waals surface area contributed by atoms with Crippen LogP contribution in [0.3, 0.4) is 0 Å². The second-order valence-electron chi connectivity index (χ2n) is 8.70. The van der Waals surface area contributed by atoms with Crippen molar-refractivity contribution in [2.24, 2.45) is 3.77 Å². The molecule has 0 fully saturated rings. The standard InChI is InChI=1S/C20H30BrN5O3S2/c1-13(20(5,6)27)23-17-16(21)12-22-18(25-17)24-14-8-10-15(11-9-14)30(7)26-31(28,29)19(2,3)4/h8-13,27H,1-7H3,(H2,22,23,24,25)/t13-,30+/m1/s1. The third-order valence-electron chi connectivity index (χ3n) is 4.59. The summed E-state index contributed by atoms with van der Waals surface area (Å²) in [5.74, 6) is 0.946. The maximum absolute atomic E-state index is 12.3. The molecule has 11 heteroatoms. The Hall–Kier alpha value is -1.56. The van der Waals surface area contributed by atoms with E-state index in [4.69, 9.17) is 0 Å². The van der Waals surface area contributed by atoms with Gasteiger partial charge in [-0.25, -0.2) is 13.4 Å². The molecule has 0 amide bonds. The highest BCUT2D eigenvalue weighted by atomic mass is 79.9. The van der Waals surface area contributed by atoms with Crippen LogP contribution in [0.25, 0.3) is 0 Å². The molecular formula is C20H30BrN5O3S2. The molecule has 0 saturated carbocycles. The van der Waals surface area contributed by atoms with Crippen LogP contribution in [-0.2, 0) is 20.7 Å². The van der Waals surface area contributed by atoms with Crippen LogP contribution in [0.4, 0.5) is 17.5 Å². The number of aliphatic hydroxyl groups is 1. The number of anilines is 3. The zero-order valence-corrected chi connectivity index (χ0v) is 22.0. The van der Waals surface area contributed by atoms with Crippen molar-refractivity contribution in [3.63, 3.8) is 0 Å². The maximum atomic E-state index is 12.3. The molecule has 3 N–H and O–H groups in total. The molecule has 8 nitrogen and oxygen atoms in total. The molecule has 0 bridgehead atoms. The normalized spacial score (nSPS) is 14.9. The van der Waals surface area contributed by atoms with Gasteiger partial charge in [0.2, 0.25) is 5.95 Å².